The molecule has 0 bridgehead atoms. The molecule has 4 heterocycles. The molecule has 0 spiro atoms. The summed E-state index contributed by atoms with van der Waals surface area (Å²) in [5.74, 6) is -0.457. The molecule has 6 aromatic rings. The lowest BCUT2D eigenvalue weighted by Gasteiger charge is -2.23. The fourth-order valence-electron chi connectivity index (χ4n) is 5.86. The highest BCUT2D eigenvalue weighted by molar-refractivity contribution is 9.10. The number of allylic oxidation sites excluding steroid dienone is 1. The first kappa shape index (κ1) is 30.1. The largest absolute Gasteiger partial charge is 0.463 e. The van der Waals surface area contributed by atoms with Crippen molar-refractivity contribution in [1.82, 2.24) is 9.13 Å². The first-order valence-corrected chi connectivity index (χ1v) is 17.3. The summed E-state index contributed by atoms with van der Waals surface area (Å²) in [6.07, 6.45) is 1.96. The summed E-state index contributed by atoms with van der Waals surface area (Å²) >= 11 is 6.42. The predicted molar refractivity (Wildman–Crippen MR) is 189 cm³/mol. The van der Waals surface area contributed by atoms with E-state index in [1.807, 2.05) is 79.0 Å². The summed E-state index contributed by atoms with van der Waals surface area (Å²) in [4.78, 5) is 33.8. The Morgan fingerprint density at radius 2 is 1.65 bits per heavy atom. The van der Waals surface area contributed by atoms with E-state index in [4.69, 9.17) is 9.73 Å². The number of ether oxygens (including phenoxy) is 1. The van der Waals surface area contributed by atoms with Crippen molar-refractivity contribution in [3.05, 3.63) is 154 Å². The van der Waals surface area contributed by atoms with Gasteiger partial charge in [0, 0.05) is 20.6 Å². The summed E-state index contributed by atoms with van der Waals surface area (Å²) in [5, 5.41) is 1.95. The third-order valence-corrected chi connectivity index (χ3v) is 10.3. The van der Waals surface area contributed by atoms with Crippen LogP contribution in [0.4, 0.5) is 0 Å². The van der Waals surface area contributed by atoms with E-state index in [9.17, 15) is 9.59 Å². The van der Waals surface area contributed by atoms with Crippen LogP contribution < -0.4 is 14.9 Å². The van der Waals surface area contributed by atoms with Crippen LogP contribution in [0.3, 0.4) is 0 Å². The first-order valence-electron chi connectivity index (χ1n) is 14.8. The van der Waals surface area contributed by atoms with E-state index >= 15 is 0 Å². The van der Waals surface area contributed by atoms with E-state index in [0.29, 0.717) is 20.6 Å². The Morgan fingerprint density at radius 3 is 2.30 bits per heavy atom. The van der Waals surface area contributed by atoms with Crippen molar-refractivity contribution in [3.63, 3.8) is 0 Å². The summed E-state index contributed by atoms with van der Waals surface area (Å²) < 4.78 is 10.8. The van der Waals surface area contributed by atoms with E-state index in [1.54, 1.807) is 11.5 Å². The Kier molecular flexibility index (Phi) is 8.29. The Hall–Kier alpha value is -4.57. The van der Waals surface area contributed by atoms with Crippen LogP contribution in [-0.2, 0) is 9.53 Å². The van der Waals surface area contributed by atoms with E-state index < -0.39 is 12.0 Å². The normalized spacial score (nSPS) is 14.7. The second kappa shape index (κ2) is 12.7. The number of nitrogens with zero attached hydrogens (tertiary/aromatic N) is 3. The van der Waals surface area contributed by atoms with Crippen molar-refractivity contribution < 1.29 is 9.53 Å². The van der Waals surface area contributed by atoms with Gasteiger partial charge in [0.15, 0.2) is 4.80 Å². The van der Waals surface area contributed by atoms with Gasteiger partial charge >= 0.3 is 5.97 Å². The summed E-state index contributed by atoms with van der Waals surface area (Å²) in [7, 11) is 0. The van der Waals surface area contributed by atoms with Gasteiger partial charge in [-0.3, -0.25) is 9.36 Å². The van der Waals surface area contributed by atoms with Gasteiger partial charge in [0.1, 0.15) is 6.04 Å². The number of aromatic nitrogens is 2. The highest BCUT2D eigenvalue weighted by Crippen LogP contribution is 2.37. The van der Waals surface area contributed by atoms with E-state index in [2.05, 4.69) is 63.0 Å². The monoisotopic (exact) mass is 705 g/mol. The zero-order valence-corrected chi connectivity index (χ0v) is 28.2. The number of benzene rings is 3. The quantitative estimate of drug-likeness (QED) is 0.160. The minimum absolute atomic E-state index is 0.201. The van der Waals surface area contributed by atoms with Gasteiger partial charge < -0.3 is 9.30 Å². The number of hydrogen-bond acceptors (Lipinski definition) is 6. The molecular weight excluding hydrogens is 678 g/mol. The summed E-state index contributed by atoms with van der Waals surface area (Å²) in [5.41, 5.74) is 6.67. The van der Waals surface area contributed by atoms with Crippen LogP contribution >= 0.6 is 38.6 Å². The fourth-order valence-corrected chi connectivity index (χ4v) is 7.99. The number of carbonyl (C=O) groups is 1. The van der Waals surface area contributed by atoms with Crippen LogP contribution in [0.25, 0.3) is 34.3 Å². The highest BCUT2D eigenvalue weighted by Gasteiger charge is 2.34. The second-order valence-electron chi connectivity index (χ2n) is 10.7. The Balaban J connectivity index is 1.50. The molecule has 228 valence electrons. The SMILES string of the molecule is CCOC(=O)C1=C(C)N=c2s/c(=C\c3cc(-c4ccccc4)n(-c4ccc(Br)cc4)c3-c3ccccc3)c(=O)n2[C@H]1c1cccs1. The van der Waals surface area contributed by atoms with Crippen molar-refractivity contribution in [2.75, 3.05) is 6.61 Å². The number of halogens is 1. The molecule has 3 aromatic heterocycles. The van der Waals surface area contributed by atoms with Gasteiger partial charge in [-0.15, -0.1) is 11.3 Å². The number of hydrogen-bond donors (Lipinski definition) is 0. The second-order valence-corrected chi connectivity index (χ2v) is 13.6. The lowest BCUT2D eigenvalue weighted by atomic mass is 10.0. The molecule has 1 aliphatic heterocycles. The number of esters is 1. The van der Waals surface area contributed by atoms with Gasteiger partial charge in [-0.1, -0.05) is 94.0 Å². The molecule has 0 aliphatic carbocycles. The molecule has 0 saturated heterocycles. The molecule has 0 saturated carbocycles. The van der Waals surface area contributed by atoms with Gasteiger partial charge in [0.2, 0.25) is 0 Å². The van der Waals surface area contributed by atoms with Crippen molar-refractivity contribution in [2.45, 2.75) is 19.9 Å². The molecule has 0 fully saturated rings. The molecule has 46 heavy (non-hydrogen) atoms. The van der Waals surface area contributed by atoms with Crippen molar-refractivity contribution in [1.29, 1.82) is 0 Å². The van der Waals surface area contributed by atoms with Crippen LogP contribution in [0, 0.1) is 0 Å². The predicted octanol–water partition coefficient (Wildman–Crippen LogP) is 7.75. The maximum atomic E-state index is 14.4. The van der Waals surface area contributed by atoms with Crippen LogP contribution in [0.15, 0.2) is 134 Å². The zero-order chi connectivity index (χ0) is 31.8. The molecule has 3 aromatic carbocycles. The van der Waals surface area contributed by atoms with Crippen molar-refractivity contribution >= 4 is 50.6 Å². The molecule has 1 aliphatic rings. The van der Waals surface area contributed by atoms with Crippen molar-refractivity contribution in [3.8, 4) is 28.2 Å². The van der Waals surface area contributed by atoms with Crippen LogP contribution in [0.2, 0.25) is 0 Å². The van der Waals surface area contributed by atoms with E-state index in [1.165, 1.54) is 22.7 Å². The standard InChI is InChI=1S/C37H28BrN3O3S2/c1-3-44-36(43)32-23(2)39-37-41(34(32)30-15-10-20-45-30)35(42)31(46-37)22-26-21-29(24-11-6-4-7-12-24)40(28-18-16-27(38)17-19-28)33(26)25-13-8-5-9-14-25/h4-22,34H,3H2,1-2H3/b31-22-/t34-/m0/s1. The highest BCUT2D eigenvalue weighted by atomic mass is 79.9. The van der Waals surface area contributed by atoms with Crippen LogP contribution in [-0.4, -0.2) is 21.7 Å². The fraction of sp³-hybridized carbons (Fsp3) is 0.108. The summed E-state index contributed by atoms with van der Waals surface area (Å²) in [6.45, 7) is 3.82. The van der Waals surface area contributed by atoms with Gasteiger partial charge in [0.05, 0.1) is 33.8 Å². The van der Waals surface area contributed by atoms with Crippen LogP contribution in [0.5, 0.6) is 0 Å². The minimum atomic E-state index is -0.613. The maximum absolute atomic E-state index is 14.4. The van der Waals surface area contributed by atoms with Gasteiger partial charge in [-0.05, 0) is 72.8 Å². The Labute approximate surface area is 282 Å². The number of rotatable bonds is 7. The molecule has 9 heteroatoms. The minimum Gasteiger partial charge on any atom is -0.463 e. The maximum Gasteiger partial charge on any atom is 0.338 e. The average Bonchev–Trinajstić information content (AvgIpc) is 3.81. The summed E-state index contributed by atoms with van der Waals surface area (Å²) in [6, 6.07) is 34.1. The van der Waals surface area contributed by atoms with Crippen molar-refractivity contribution in [2.24, 2.45) is 4.99 Å². The average molecular weight is 707 g/mol. The van der Waals surface area contributed by atoms with Gasteiger partial charge in [-0.2, -0.15) is 0 Å². The van der Waals surface area contributed by atoms with Crippen LogP contribution in [0.1, 0.15) is 30.3 Å². The number of fused-ring (bicyclic) bond motifs is 1. The zero-order valence-electron chi connectivity index (χ0n) is 25.0. The third-order valence-electron chi connectivity index (χ3n) is 7.85. The molecule has 6 nitrogen and oxygen atoms in total. The number of thiophene rings is 1. The van der Waals surface area contributed by atoms with Gasteiger partial charge in [-0.25, -0.2) is 9.79 Å². The number of carbonyl (C=O) groups excluding carboxylic acids is 1. The molecule has 1 atom stereocenters. The van der Waals surface area contributed by atoms with Gasteiger partial charge in [0.25, 0.3) is 5.56 Å². The molecule has 7 rings (SSSR count). The molecular formula is C37H28BrN3O3S2. The van der Waals surface area contributed by atoms with E-state index in [0.717, 1.165) is 43.1 Å². The lowest BCUT2D eigenvalue weighted by Crippen LogP contribution is -2.39. The first-order chi connectivity index (χ1) is 22.4. The topological polar surface area (TPSA) is 65.6 Å². The molecule has 0 N–H and O–H groups in total. The Bertz CT molecular complexity index is 2270. The lowest BCUT2D eigenvalue weighted by molar-refractivity contribution is -0.139. The molecule has 0 amide bonds. The number of thiazole rings is 1. The van der Waals surface area contributed by atoms with E-state index in [-0.39, 0.29) is 12.2 Å². The molecule has 0 radical (unpaired) electrons. The smallest absolute Gasteiger partial charge is 0.338 e. The molecule has 0 unspecified atom stereocenters. The third kappa shape index (κ3) is 5.44. The Morgan fingerprint density at radius 1 is 0.957 bits per heavy atom.